The second-order valence-electron chi connectivity index (χ2n) is 5.45. The van der Waals surface area contributed by atoms with Gasteiger partial charge in [0, 0.05) is 28.6 Å². The number of imide groups is 1. The van der Waals surface area contributed by atoms with Crippen LogP contribution in [0.5, 0.6) is 0 Å². The van der Waals surface area contributed by atoms with E-state index in [1.807, 2.05) is 0 Å². The Balaban J connectivity index is 1.83. The summed E-state index contributed by atoms with van der Waals surface area (Å²) in [5.41, 5.74) is 0. The quantitative estimate of drug-likeness (QED) is 0.495. The van der Waals surface area contributed by atoms with Crippen molar-refractivity contribution in [2.45, 2.75) is 22.5 Å². The van der Waals surface area contributed by atoms with Crippen LogP contribution in [0.2, 0.25) is 0 Å². The highest BCUT2D eigenvalue weighted by molar-refractivity contribution is 9.12. The van der Waals surface area contributed by atoms with Gasteiger partial charge in [-0.1, -0.05) is 31.9 Å². The highest BCUT2D eigenvalue weighted by atomic mass is 79.9. The van der Waals surface area contributed by atoms with Crippen molar-refractivity contribution in [3.8, 4) is 0 Å². The first-order chi connectivity index (χ1) is 8.93. The molecule has 0 aromatic rings. The molecule has 7 heteroatoms. The van der Waals surface area contributed by atoms with Crippen LogP contribution in [0, 0.1) is 23.7 Å². The molecule has 0 N–H and O–H groups in total. The fourth-order valence-corrected chi connectivity index (χ4v) is 5.71. The molecular weight excluding hydrogens is 382 g/mol. The molecule has 1 heterocycles. The normalized spacial score (nSPS) is 44.0. The number of alkyl halides is 2. The lowest BCUT2D eigenvalue weighted by atomic mass is 9.81. The van der Waals surface area contributed by atoms with Gasteiger partial charge in [0.2, 0.25) is 11.8 Å². The van der Waals surface area contributed by atoms with Gasteiger partial charge in [-0.3, -0.25) is 14.5 Å². The number of carbonyl (C=O) groups is 3. The van der Waals surface area contributed by atoms with Crippen LogP contribution in [0.4, 0.5) is 0 Å². The topological polar surface area (TPSA) is 77.5 Å². The van der Waals surface area contributed by atoms with E-state index in [-0.39, 0.29) is 58.1 Å². The third-order valence-corrected chi connectivity index (χ3v) is 7.82. The first-order valence-corrected chi connectivity index (χ1v) is 8.10. The Kier molecular flexibility index (Phi) is 3.24. The van der Waals surface area contributed by atoms with Crippen molar-refractivity contribution in [1.82, 2.24) is 4.90 Å². The zero-order valence-electron chi connectivity index (χ0n) is 9.92. The van der Waals surface area contributed by atoms with Gasteiger partial charge in [0.1, 0.15) is 0 Å². The summed E-state index contributed by atoms with van der Waals surface area (Å²) in [7, 11) is 0. The van der Waals surface area contributed by atoms with Crippen LogP contribution in [0.1, 0.15) is 12.8 Å². The summed E-state index contributed by atoms with van der Waals surface area (Å²) < 4.78 is 0. The molecule has 0 spiro atoms. The number of nitrogens with zero attached hydrogens (tertiary/aromatic N) is 1. The van der Waals surface area contributed by atoms with E-state index in [1.54, 1.807) is 0 Å². The molecule has 6 atom stereocenters. The van der Waals surface area contributed by atoms with Crippen molar-refractivity contribution in [2.24, 2.45) is 23.7 Å². The van der Waals surface area contributed by atoms with Crippen LogP contribution in [0.15, 0.2) is 0 Å². The Morgan fingerprint density at radius 3 is 2.05 bits per heavy atom. The molecule has 2 aliphatic carbocycles. The minimum Gasteiger partial charge on any atom is -0.550 e. The molecule has 19 heavy (non-hydrogen) atoms. The monoisotopic (exact) mass is 392 g/mol. The van der Waals surface area contributed by atoms with Gasteiger partial charge in [0.05, 0.1) is 11.8 Å². The molecule has 3 fully saturated rings. The Morgan fingerprint density at radius 1 is 1.16 bits per heavy atom. The summed E-state index contributed by atoms with van der Waals surface area (Å²) in [5, 5.41) is 10.5. The minimum absolute atomic E-state index is 0.0632. The smallest absolute Gasteiger partial charge is 0.233 e. The molecule has 1 saturated heterocycles. The van der Waals surface area contributed by atoms with Gasteiger partial charge in [-0.15, -0.1) is 0 Å². The summed E-state index contributed by atoms with van der Waals surface area (Å²) >= 11 is 7.19. The van der Waals surface area contributed by atoms with Crippen molar-refractivity contribution < 1.29 is 19.5 Å². The number of hydrogen-bond acceptors (Lipinski definition) is 4. The van der Waals surface area contributed by atoms with E-state index in [1.165, 1.54) is 0 Å². The summed E-state index contributed by atoms with van der Waals surface area (Å²) in [6.07, 6.45) is 0.592. The van der Waals surface area contributed by atoms with Crippen molar-refractivity contribution >= 4 is 49.6 Å². The molecule has 3 aliphatic rings. The van der Waals surface area contributed by atoms with Crippen molar-refractivity contribution in [3.63, 3.8) is 0 Å². The van der Waals surface area contributed by atoms with Crippen LogP contribution in [0.3, 0.4) is 0 Å². The maximum Gasteiger partial charge on any atom is 0.233 e. The Bertz CT molecular complexity index is 437. The Hall–Kier alpha value is -0.430. The number of aliphatic carboxylic acids is 1. The summed E-state index contributed by atoms with van der Waals surface area (Å²) in [6, 6.07) is 0. The standard InChI is InChI=1S/C12H13Br2NO4/c13-9-4-3-5(10(9)14)8-7(4)11(18)15(12(8)19)2-1-6(16)17/h4-5,7-10H,1-3H2,(H,16,17)/p-1/t4-,5+,7-,8+,9-,10-/m1/s1. The van der Waals surface area contributed by atoms with Gasteiger partial charge in [0.25, 0.3) is 0 Å². The lowest BCUT2D eigenvalue weighted by Gasteiger charge is -2.28. The molecule has 2 bridgehead atoms. The largest absolute Gasteiger partial charge is 0.550 e. The van der Waals surface area contributed by atoms with Crippen LogP contribution in [-0.2, 0) is 14.4 Å². The van der Waals surface area contributed by atoms with Crippen LogP contribution < -0.4 is 5.11 Å². The molecule has 0 unspecified atom stereocenters. The maximum atomic E-state index is 12.3. The molecule has 2 amide bonds. The highest BCUT2D eigenvalue weighted by Crippen LogP contribution is 2.60. The fourth-order valence-electron chi connectivity index (χ4n) is 3.83. The van der Waals surface area contributed by atoms with Gasteiger partial charge in [-0.2, -0.15) is 0 Å². The van der Waals surface area contributed by atoms with E-state index in [4.69, 9.17) is 0 Å². The molecular formula is C12H12Br2NO4-. The Morgan fingerprint density at radius 2 is 1.63 bits per heavy atom. The summed E-state index contributed by atoms with van der Waals surface area (Å²) in [4.78, 5) is 36.6. The number of rotatable bonds is 3. The third kappa shape index (κ3) is 1.81. The maximum absolute atomic E-state index is 12.3. The first-order valence-electron chi connectivity index (χ1n) is 6.26. The zero-order chi connectivity index (χ0) is 13.9. The van der Waals surface area contributed by atoms with E-state index in [0.29, 0.717) is 0 Å². The predicted molar refractivity (Wildman–Crippen MR) is 70.4 cm³/mol. The molecule has 104 valence electrons. The lowest BCUT2D eigenvalue weighted by molar-refractivity contribution is -0.305. The third-order valence-electron chi connectivity index (χ3n) is 4.62. The first kappa shape index (κ1) is 13.5. The average Bonchev–Trinajstić information content (AvgIpc) is 2.93. The van der Waals surface area contributed by atoms with E-state index in [0.717, 1.165) is 11.3 Å². The second kappa shape index (κ2) is 4.55. The van der Waals surface area contributed by atoms with E-state index in [9.17, 15) is 19.5 Å². The SMILES string of the molecule is O=C([O-])CCN1C(=O)[C@@H]2[C@H]3C[C@H]([C@@H](Br)[C@@H]3Br)[C@@H]2C1=O. The highest BCUT2D eigenvalue weighted by Gasteiger charge is 2.66. The summed E-state index contributed by atoms with van der Waals surface area (Å²) in [6.45, 7) is -0.0632. The van der Waals surface area contributed by atoms with Crippen LogP contribution in [0.25, 0.3) is 0 Å². The van der Waals surface area contributed by atoms with Crippen molar-refractivity contribution in [2.75, 3.05) is 6.54 Å². The molecule has 3 rings (SSSR count). The average molecular weight is 394 g/mol. The molecule has 0 aromatic heterocycles. The number of likely N-dealkylation sites (tertiary alicyclic amines) is 1. The number of fused-ring (bicyclic) bond motifs is 5. The predicted octanol–water partition coefficient (Wildman–Crippen LogP) is -0.0957. The van der Waals surface area contributed by atoms with Gasteiger partial charge in [-0.25, -0.2) is 0 Å². The lowest BCUT2D eigenvalue weighted by Crippen LogP contribution is -2.37. The number of hydrogen-bond donors (Lipinski definition) is 0. The number of carboxylic acid groups (broad SMARTS) is 1. The van der Waals surface area contributed by atoms with Gasteiger partial charge >= 0.3 is 0 Å². The van der Waals surface area contributed by atoms with Gasteiger partial charge in [0.15, 0.2) is 0 Å². The van der Waals surface area contributed by atoms with E-state index >= 15 is 0 Å². The van der Waals surface area contributed by atoms with Gasteiger partial charge in [-0.05, 0) is 18.3 Å². The second-order valence-corrected chi connectivity index (χ2v) is 7.57. The number of carboxylic acids is 1. The minimum atomic E-state index is -1.24. The zero-order valence-corrected chi connectivity index (χ0v) is 13.1. The fraction of sp³-hybridized carbons (Fsp3) is 0.750. The van der Waals surface area contributed by atoms with Gasteiger partial charge < -0.3 is 9.90 Å². The Labute approximate surface area is 127 Å². The number of carbonyl (C=O) groups excluding carboxylic acids is 3. The molecule has 5 nitrogen and oxygen atoms in total. The molecule has 0 aromatic carbocycles. The summed E-state index contributed by atoms with van der Waals surface area (Å²) in [5.74, 6) is -1.83. The van der Waals surface area contributed by atoms with E-state index < -0.39 is 5.97 Å². The van der Waals surface area contributed by atoms with Crippen molar-refractivity contribution in [3.05, 3.63) is 0 Å². The van der Waals surface area contributed by atoms with E-state index in [2.05, 4.69) is 31.9 Å². The van der Waals surface area contributed by atoms with Crippen LogP contribution in [-0.4, -0.2) is 38.9 Å². The van der Waals surface area contributed by atoms with Crippen molar-refractivity contribution in [1.29, 1.82) is 0 Å². The number of amides is 2. The number of halogens is 2. The molecule has 2 saturated carbocycles. The molecule has 0 radical (unpaired) electrons. The van der Waals surface area contributed by atoms with Crippen LogP contribution >= 0.6 is 31.9 Å². The molecule has 1 aliphatic heterocycles.